The molecule has 0 aliphatic rings. The molecule has 0 heterocycles. The van der Waals surface area contributed by atoms with Crippen LogP contribution in [0.3, 0.4) is 0 Å². The van der Waals surface area contributed by atoms with Crippen molar-refractivity contribution in [1.82, 2.24) is 5.32 Å². The number of nitrogens with one attached hydrogen (secondary N) is 2. The highest BCUT2D eigenvalue weighted by atomic mass is 16.5. The monoisotopic (exact) mass is 308 g/mol. The Morgan fingerprint density at radius 3 is 2.70 bits per heavy atom. The maximum absolute atomic E-state index is 12.0. The van der Waals surface area contributed by atoms with Crippen LogP contribution in [0.15, 0.2) is 48.5 Å². The van der Waals surface area contributed by atoms with Gasteiger partial charge in [0.2, 0.25) is 5.91 Å². The predicted molar refractivity (Wildman–Crippen MR) is 91.9 cm³/mol. The molecule has 0 fully saturated rings. The summed E-state index contributed by atoms with van der Waals surface area (Å²) >= 11 is 0. The van der Waals surface area contributed by atoms with E-state index in [2.05, 4.69) is 16.6 Å². The Bertz CT molecular complexity index is 705. The first-order valence-corrected chi connectivity index (χ1v) is 7.36. The van der Waals surface area contributed by atoms with Crippen LogP contribution in [0.5, 0.6) is 0 Å². The summed E-state index contributed by atoms with van der Waals surface area (Å²) in [5.74, 6) is 2.49. The number of rotatable bonds is 7. The summed E-state index contributed by atoms with van der Waals surface area (Å²) in [6.45, 7) is 1.20. The lowest BCUT2D eigenvalue weighted by atomic mass is 10.1. The van der Waals surface area contributed by atoms with Gasteiger partial charge >= 0.3 is 0 Å². The number of benzene rings is 2. The summed E-state index contributed by atoms with van der Waals surface area (Å²) in [5, 5.41) is 5.96. The van der Waals surface area contributed by atoms with Crippen LogP contribution < -0.4 is 10.6 Å². The lowest BCUT2D eigenvalue weighted by Crippen LogP contribution is -2.29. The summed E-state index contributed by atoms with van der Waals surface area (Å²) in [6.07, 6.45) is 5.36. The third-order valence-corrected chi connectivity index (χ3v) is 3.38. The van der Waals surface area contributed by atoms with Crippen molar-refractivity contribution in [3.8, 4) is 12.3 Å². The highest BCUT2D eigenvalue weighted by molar-refractivity contribution is 5.80. The van der Waals surface area contributed by atoms with E-state index in [1.165, 1.54) is 0 Å². The molecule has 0 aliphatic heterocycles. The molecule has 1 amide bonds. The number of methoxy groups -OCH3 is 1. The first kappa shape index (κ1) is 16.6. The molecule has 2 rings (SSSR count). The van der Waals surface area contributed by atoms with Gasteiger partial charge in [0.15, 0.2) is 0 Å². The molecule has 0 radical (unpaired) electrons. The number of anilines is 1. The molecule has 0 aromatic heterocycles. The molecule has 0 bridgehead atoms. The zero-order chi connectivity index (χ0) is 16.5. The van der Waals surface area contributed by atoms with Crippen LogP contribution in [0.1, 0.15) is 16.7 Å². The van der Waals surface area contributed by atoms with Gasteiger partial charge in [-0.25, -0.2) is 0 Å². The van der Waals surface area contributed by atoms with Crippen molar-refractivity contribution in [2.45, 2.75) is 13.2 Å². The molecule has 2 aromatic rings. The number of hydrogen-bond acceptors (Lipinski definition) is 3. The Balaban J connectivity index is 1.85. The van der Waals surface area contributed by atoms with E-state index in [-0.39, 0.29) is 12.5 Å². The zero-order valence-electron chi connectivity index (χ0n) is 13.1. The van der Waals surface area contributed by atoms with Crippen LogP contribution in [-0.4, -0.2) is 19.6 Å². The van der Waals surface area contributed by atoms with Crippen molar-refractivity contribution >= 4 is 11.6 Å². The van der Waals surface area contributed by atoms with E-state index < -0.39 is 0 Å². The highest BCUT2D eigenvalue weighted by Crippen LogP contribution is 2.10. The summed E-state index contributed by atoms with van der Waals surface area (Å²) < 4.78 is 5.16. The van der Waals surface area contributed by atoms with E-state index in [4.69, 9.17) is 11.2 Å². The Morgan fingerprint density at radius 2 is 1.96 bits per heavy atom. The number of ether oxygens (including phenoxy) is 1. The third kappa shape index (κ3) is 5.17. The lowest BCUT2D eigenvalue weighted by Gasteiger charge is -2.11. The fourth-order valence-corrected chi connectivity index (χ4v) is 2.18. The zero-order valence-corrected chi connectivity index (χ0v) is 13.1. The smallest absolute Gasteiger partial charge is 0.239 e. The van der Waals surface area contributed by atoms with Crippen LogP contribution in [0.25, 0.3) is 0 Å². The van der Waals surface area contributed by atoms with E-state index >= 15 is 0 Å². The molecule has 118 valence electrons. The Labute approximate surface area is 136 Å². The van der Waals surface area contributed by atoms with Gasteiger partial charge in [-0.3, -0.25) is 4.79 Å². The molecule has 0 saturated heterocycles. The first-order chi connectivity index (χ1) is 11.2. The van der Waals surface area contributed by atoms with E-state index in [1.807, 2.05) is 48.5 Å². The van der Waals surface area contributed by atoms with Crippen molar-refractivity contribution in [3.05, 3.63) is 65.2 Å². The maximum atomic E-state index is 12.0. The average Bonchev–Trinajstić information content (AvgIpc) is 2.59. The van der Waals surface area contributed by atoms with Gasteiger partial charge in [0.25, 0.3) is 0 Å². The molecule has 4 heteroatoms. The van der Waals surface area contributed by atoms with Gasteiger partial charge in [-0.15, -0.1) is 6.42 Å². The fourth-order valence-electron chi connectivity index (χ4n) is 2.18. The molecular weight excluding hydrogens is 288 g/mol. The maximum Gasteiger partial charge on any atom is 0.239 e. The second-order valence-corrected chi connectivity index (χ2v) is 5.06. The third-order valence-electron chi connectivity index (χ3n) is 3.38. The van der Waals surface area contributed by atoms with Gasteiger partial charge in [0.05, 0.1) is 13.2 Å². The predicted octanol–water partition coefficient (Wildman–Crippen LogP) is 2.54. The first-order valence-electron chi connectivity index (χ1n) is 7.36. The van der Waals surface area contributed by atoms with Gasteiger partial charge in [0.1, 0.15) is 0 Å². The van der Waals surface area contributed by atoms with Crippen LogP contribution in [0, 0.1) is 12.3 Å². The summed E-state index contributed by atoms with van der Waals surface area (Å²) in [5.41, 5.74) is 3.74. The number of carbonyl (C=O) groups is 1. The van der Waals surface area contributed by atoms with Gasteiger partial charge in [-0.05, 0) is 29.3 Å². The molecule has 2 aromatic carbocycles. The molecule has 2 N–H and O–H groups in total. The minimum Gasteiger partial charge on any atom is -0.380 e. The number of hydrogen-bond donors (Lipinski definition) is 2. The number of terminal acetylenes is 1. The quantitative estimate of drug-likeness (QED) is 0.773. The SMILES string of the molecule is C#Cc1cccc(NCC(=O)NCc2ccccc2COC)c1. The van der Waals surface area contributed by atoms with E-state index in [9.17, 15) is 4.79 Å². The van der Waals surface area contributed by atoms with Gasteiger partial charge in [-0.2, -0.15) is 0 Å². The fraction of sp³-hybridized carbons (Fsp3) is 0.211. The molecule has 0 unspecified atom stereocenters. The van der Waals surface area contributed by atoms with Crippen molar-refractivity contribution in [3.63, 3.8) is 0 Å². The second-order valence-electron chi connectivity index (χ2n) is 5.06. The van der Waals surface area contributed by atoms with Crippen molar-refractivity contribution in [2.75, 3.05) is 19.0 Å². The average molecular weight is 308 g/mol. The van der Waals surface area contributed by atoms with Crippen LogP contribution in [0.4, 0.5) is 5.69 Å². The summed E-state index contributed by atoms with van der Waals surface area (Å²) in [4.78, 5) is 12.0. The standard InChI is InChI=1S/C19H20N2O2/c1-3-15-7-6-10-18(11-15)20-13-19(22)21-12-16-8-4-5-9-17(16)14-23-2/h1,4-11,20H,12-14H2,2H3,(H,21,22). The molecule has 0 saturated carbocycles. The normalized spacial score (nSPS) is 9.91. The molecule has 0 atom stereocenters. The Morgan fingerprint density at radius 1 is 1.17 bits per heavy atom. The molecule has 0 aliphatic carbocycles. The topological polar surface area (TPSA) is 50.4 Å². The van der Waals surface area contributed by atoms with Crippen LogP contribution in [-0.2, 0) is 22.7 Å². The number of amides is 1. The van der Waals surface area contributed by atoms with E-state index in [0.29, 0.717) is 13.2 Å². The number of carbonyl (C=O) groups excluding carboxylic acids is 1. The van der Waals surface area contributed by atoms with Gasteiger partial charge in [0, 0.05) is 24.9 Å². The van der Waals surface area contributed by atoms with Crippen molar-refractivity contribution in [1.29, 1.82) is 0 Å². The van der Waals surface area contributed by atoms with E-state index in [1.54, 1.807) is 7.11 Å². The molecule has 0 spiro atoms. The van der Waals surface area contributed by atoms with Crippen LogP contribution in [0.2, 0.25) is 0 Å². The van der Waals surface area contributed by atoms with Crippen LogP contribution >= 0.6 is 0 Å². The molecule has 4 nitrogen and oxygen atoms in total. The Kier molecular flexibility index (Phi) is 6.22. The lowest BCUT2D eigenvalue weighted by molar-refractivity contribution is -0.119. The molecular formula is C19H20N2O2. The van der Waals surface area contributed by atoms with Crippen molar-refractivity contribution < 1.29 is 9.53 Å². The highest BCUT2D eigenvalue weighted by Gasteiger charge is 2.05. The van der Waals surface area contributed by atoms with Gasteiger partial charge in [-0.1, -0.05) is 36.3 Å². The summed E-state index contributed by atoms with van der Waals surface area (Å²) in [6, 6.07) is 15.3. The van der Waals surface area contributed by atoms with Gasteiger partial charge < -0.3 is 15.4 Å². The van der Waals surface area contributed by atoms with E-state index in [0.717, 1.165) is 22.4 Å². The molecule has 23 heavy (non-hydrogen) atoms. The van der Waals surface area contributed by atoms with Crippen molar-refractivity contribution in [2.24, 2.45) is 0 Å². The summed E-state index contributed by atoms with van der Waals surface area (Å²) in [7, 11) is 1.66. The minimum absolute atomic E-state index is 0.0802. The largest absolute Gasteiger partial charge is 0.380 e. The second kappa shape index (κ2) is 8.62. The Hall–Kier alpha value is -2.77. The minimum atomic E-state index is -0.0802.